The fourth-order valence-electron chi connectivity index (χ4n) is 2.41. The lowest BCUT2D eigenvalue weighted by molar-refractivity contribution is -0.162. The first-order valence-corrected chi connectivity index (χ1v) is 8.91. The predicted octanol–water partition coefficient (Wildman–Crippen LogP) is 2.76. The summed E-state index contributed by atoms with van der Waals surface area (Å²) in [4.78, 5) is 36.3. The molecule has 0 radical (unpaired) electrons. The molecule has 6 heteroatoms. The molecule has 1 rings (SSSR count). The molecule has 1 amide bonds. The quantitative estimate of drug-likeness (QED) is 0.623. The third-order valence-corrected chi connectivity index (χ3v) is 3.85. The number of hydrogen-bond donors (Lipinski definition) is 1. The van der Waals surface area contributed by atoms with E-state index in [9.17, 15) is 14.4 Å². The lowest BCUT2D eigenvalue weighted by atomic mass is 10.00. The molecule has 1 heterocycles. The number of rotatable bonds is 3. The molecule has 0 aliphatic carbocycles. The van der Waals surface area contributed by atoms with E-state index < -0.39 is 23.5 Å². The molecule has 0 spiro atoms. The van der Waals surface area contributed by atoms with Crippen molar-refractivity contribution in [1.82, 2.24) is 5.32 Å². The first-order valence-electron chi connectivity index (χ1n) is 8.91. The number of amides is 1. The van der Waals surface area contributed by atoms with Crippen molar-refractivity contribution < 1.29 is 23.9 Å². The predicted molar refractivity (Wildman–Crippen MR) is 94.7 cm³/mol. The van der Waals surface area contributed by atoms with Crippen LogP contribution in [0.25, 0.3) is 0 Å². The Balaban J connectivity index is 2.80. The Hall–Kier alpha value is -1.85. The monoisotopic (exact) mass is 353 g/mol. The molecule has 0 bridgehead atoms. The van der Waals surface area contributed by atoms with Gasteiger partial charge < -0.3 is 14.8 Å². The maximum atomic E-state index is 12.4. The zero-order valence-corrected chi connectivity index (χ0v) is 16.0. The van der Waals surface area contributed by atoms with Gasteiger partial charge in [-0.1, -0.05) is 26.0 Å². The van der Waals surface area contributed by atoms with Crippen LogP contribution in [0.1, 0.15) is 60.3 Å². The highest BCUT2D eigenvalue weighted by Crippen LogP contribution is 2.18. The molecule has 0 aromatic heterocycles. The number of esters is 2. The molecule has 1 N–H and O–H groups in total. The minimum absolute atomic E-state index is 0.0147. The van der Waals surface area contributed by atoms with Crippen LogP contribution >= 0.6 is 0 Å². The van der Waals surface area contributed by atoms with Gasteiger partial charge in [0.05, 0.1) is 18.4 Å². The van der Waals surface area contributed by atoms with Crippen LogP contribution in [0.4, 0.5) is 0 Å². The van der Waals surface area contributed by atoms with Crippen molar-refractivity contribution in [3.8, 4) is 0 Å². The van der Waals surface area contributed by atoms with Crippen LogP contribution in [0.3, 0.4) is 0 Å². The average molecular weight is 353 g/mol. The minimum Gasteiger partial charge on any atom is -0.463 e. The van der Waals surface area contributed by atoms with Crippen molar-refractivity contribution in [3.63, 3.8) is 0 Å². The molecule has 2 atom stereocenters. The van der Waals surface area contributed by atoms with E-state index >= 15 is 0 Å². The molecule has 6 nitrogen and oxygen atoms in total. The zero-order chi connectivity index (χ0) is 19.0. The van der Waals surface area contributed by atoms with E-state index in [1.807, 2.05) is 26.0 Å². The molecule has 1 aliphatic heterocycles. The second-order valence-corrected chi connectivity index (χ2v) is 7.78. The Kier molecular flexibility index (Phi) is 8.13. The standard InChI is InChI=1S/C19H31NO5/c1-13(2)15-12-24-18(23)14(11-17(22)25-19(3,4)5)9-7-6-8-10-16(21)20-15/h6-7,13-15H,8-12H2,1-5H3,(H,20,21)/b7-6+/t14-,15-/m0/s1. The first-order chi connectivity index (χ1) is 11.6. The number of carbonyl (C=O) groups excluding carboxylic acids is 3. The third kappa shape index (κ3) is 8.70. The molecular weight excluding hydrogens is 322 g/mol. The van der Waals surface area contributed by atoms with Gasteiger partial charge in [-0.25, -0.2) is 0 Å². The lowest BCUT2D eigenvalue weighted by Crippen LogP contribution is -2.42. The van der Waals surface area contributed by atoms with E-state index in [-0.39, 0.29) is 30.9 Å². The van der Waals surface area contributed by atoms with Gasteiger partial charge in [-0.15, -0.1) is 0 Å². The van der Waals surface area contributed by atoms with Crippen molar-refractivity contribution in [1.29, 1.82) is 0 Å². The topological polar surface area (TPSA) is 81.7 Å². The molecule has 0 unspecified atom stereocenters. The van der Waals surface area contributed by atoms with E-state index in [1.165, 1.54) is 0 Å². The summed E-state index contributed by atoms with van der Waals surface area (Å²) in [5, 5.41) is 2.90. The number of allylic oxidation sites excluding steroid dienone is 2. The van der Waals surface area contributed by atoms with Crippen LogP contribution in [0.2, 0.25) is 0 Å². The minimum atomic E-state index is -0.588. The van der Waals surface area contributed by atoms with Crippen LogP contribution in [0.15, 0.2) is 12.2 Å². The van der Waals surface area contributed by atoms with Crippen molar-refractivity contribution in [2.45, 2.75) is 71.9 Å². The Labute approximate surface area is 150 Å². The maximum absolute atomic E-state index is 12.4. The van der Waals surface area contributed by atoms with E-state index in [0.29, 0.717) is 19.3 Å². The average Bonchev–Trinajstić information content (AvgIpc) is 2.46. The van der Waals surface area contributed by atoms with Crippen LogP contribution in [0.5, 0.6) is 0 Å². The molecule has 0 aromatic rings. The summed E-state index contributed by atoms with van der Waals surface area (Å²) in [5.74, 6) is -1.33. The van der Waals surface area contributed by atoms with Gasteiger partial charge in [-0.3, -0.25) is 14.4 Å². The summed E-state index contributed by atoms with van der Waals surface area (Å²) in [6.07, 6.45) is 5.06. The van der Waals surface area contributed by atoms with Crippen molar-refractivity contribution in [2.75, 3.05) is 6.61 Å². The van der Waals surface area contributed by atoms with Gasteiger partial charge in [0.25, 0.3) is 0 Å². The number of hydrogen-bond acceptors (Lipinski definition) is 5. The van der Waals surface area contributed by atoms with Gasteiger partial charge >= 0.3 is 11.9 Å². The Bertz CT molecular complexity index is 504. The molecule has 0 aromatic carbocycles. The number of cyclic esters (lactones) is 1. The van der Waals surface area contributed by atoms with Gasteiger partial charge in [-0.05, 0) is 39.5 Å². The van der Waals surface area contributed by atoms with E-state index in [0.717, 1.165) is 0 Å². The Morgan fingerprint density at radius 1 is 1.32 bits per heavy atom. The summed E-state index contributed by atoms with van der Waals surface area (Å²) in [7, 11) is 0. The highest BCUT2D eigenvalue weighted by Gasteiger charge is 2.27. The molecule has 25 heavy (non-hydrogen) atoms. The van der Waals surface area contributed by atoms with Crippen molar-refractivity contribution in [3.05, 3.63) is 12.2 Å². The van der Waals surface area contributed by atoms with Gasteiger partial charge in [0.1, 0.15) is 12.2 Å². The van der Waals surface area contributed by atoms with E-state index in [2.05, 4.69) is 5.32 Å². The second kappa shape index (κ2) is 9.59. The fraction of sp³-hybridized carbons (Fsp3) is 0.737. The Morgan fingerprint density at radius 3 is 2.60 bits per heavy atom. The molecule has 1 aliphatic rings. The fourth-order valence-corrected chi connectivity index (χ4v) is 2.41. The smallest absolute Gasteiger partial charge is 0.309 e. The molecular formula is C19H31NO5. The van der Waals surface area contributed by atoms with Gasteiger partial charge in [0, 0.05) is 6.42 Å². The second-order valence-electron chi connectivity index (χ2n) is 7.78. The van der Waals surface area contributed by atoms with Gasteiger partial charge in [-0.2, -0.15) is 0 Å². The number of carbonyl (C=O) groups is 3. The molecule has 0 saturated carbocycles. The summed E-state index contributed by atoms with van der Waals surface area (Å²) < 4.78 is 10.7. The number of ether oxygens (including phenoxy) is 2. The maximum Gasteiger partial charge on any atom is 0.309 e. The number of nitrogens with one attached hydrogen (secondary N) is 1. The normalized spacial score (nSPS) is 24.6. The molecule has 0 saturated heterocycles. The van der Waals surface area contributed by atoms with Crippen molar-refractivity contribution >= 4 is 17.8 Å². The largest absolute Gasteiger partial charge is 0.463 e. The van der Waals surface area contributed by atoms with Crippen LogP contribution in [-0.4, -0.2) is 36.1 Å². The van der Waals surface area contributed by atoms with Gasteiger partial charge in [0.2, 0.25) is 5.91 Å². The van der Waals surface area contributed by atoms with E-state index in [1.54, 1.807) is 20.8 Å². The summed E-state index contributed by atoms with van der Waals surface area (Å²) in [6, 6.07) is -0.234. The van der Waals surface area contributed by atoms with Gasteiger partial charge in [0.15, 0.2) is 0 Å². The van der Waals surface area contributed by atoms with E-state index in [4.69, 9.17) is 9.47 Å². The SMILES string of the molecule is CC(C)[C@@H]1COC(=O)[C@H](CC(=O)OC(C)(C)C)C/C=C/CCC(=O)N1. The highest BCUT2D eigenvalue weighted by atomic mass is 16.6. The molecule has 142 valence electrons. The summed E-state index contributed by atoms with van der Waals surface area (Å²) in [6.45, 7) is 9.41. The lowest BCUT2D eigenvalue weighted by Gasteiger charge is -2.24. The summed E-state index contributed by atoms with van der Waals surface area (Å²) >= 11 is 0. The third-order valence-electron chi connectivity index (χ3n) is 3.85. The highest BCUT2D eigenvalue weighted by molar-refractivity contribution is 5.80. The van der Waals surface area contributed by atoms with Crippen LogP contribution in [-0.2, 0) is 23.9 Å². The Morgan fingerprint density at radius 2 is 2.00 bits per heavy atom. The first kappa shape index (κ1) is 21.2. The van der Waals surface area contributed by atoms with Crippen LogP contribution < -0.4 is 5.32 Å². The van der Waals surface area contributed by atoms with Crippen LogP contribution in [0, 0.1) is 11.8 Å². The zero-order valence-electron chi connectivity index (χ0n) is 16.0. The summed E-state index contributed by atoms with van der Waals surface area (Å²) in [5.41, 5.74) is -0.588. The van der Waals surface area contributed by atoms with Crippen molar-refractivity contribution in [2.24, 2.45) is 11.8 Å². The molecule has 0 fully saturated rings.